The van der Waals surface area contributed by atoms with E-state index in [4.69, 9.17) is 25.7 Å². The van der Waals surface area contributed by atoms with Crippen molar-refractivity contribution in [2.75, 3.05) is 0 Å². The smallest absolute Gasteiger partial charge is 0.282 e. The molecule has 0 aliphatic rings. The summed E-state index contributed by atoms with van der Waals surface area (Å²) in [6, 6.07) is 29.3. The van der Waals surface area contributed by atoms with Gasteiger partial charge in [-0.25, -0.2) is 4.98 Å². The number of hydrogen-bond acceptors (Lipinski definition) is 6. The van der Waals surface area contributed by atoms with Gasteiger partial charge in [0, 0.05) is 10.9 Å². The molecule has 0 bridgehead atoms. The Balaban J connectivity index is 1.37. The lowest BCUT2D eigenvalue weighted by molar-refractivity contribution is 0.304. The molecule has 0 aliphatic heterocycles. The number of fused-ring (bicyclic) bond motifs is 2. The van der Waals surface area contributed by atoms with Gasteiger partial charge in [0.2, 0.25) is 5.82 Å². The zero-order chi connectivity index (χ0) is 27.6. The van der Waals surface area contributed by atoms with E-state index in [-0.39, 0.29) is 18.0 Å². The average molecular weight is 610 g/mol. The van der Waals surface area contributed by atoms with Gasteiger partial charge in [0.25, 0.3) is 5.56 Å². The molecule has 2 aromatic heterocycles. The van der Waals surface area contributed by atoms with Crippen LogP contribution in [0.2, 0.25) is 5.02 Å². The molecule has 40 heavy (non-hydrogen) atoms. The highest BCUT2D eigenvalue weighted by molar-refractivity contribution is 9.10. The fourth-order valence-corrected chi connectivity index (χ4v) is 5.29. The number of nitriles is 1. The number of ether oxygens (including phenoxy) is 1. The Morgan fingerprint density at radius 3 is 2.65 bits per heavy atom. The second kappa shape index (κ2) is 10.8. The number of aromatic nitrogens is 2. The molecular weight excluding hydrogens is 592 g/mol. The van der Waals surface area contributed by atoms with Crippen molar-refractivity contribution in [3.05, 3.63) is 128 Å². The lowest BCUT2D eigenvalue weighted by atomic mass is 10.1. The lowest BCUT2D eigenvalue weighted by Crippen LogP contribution is -2.20. The Bertz CT molecular complexity index is 1990. The van der Waals surface area contributed by atoms with Crippen LogP contribution in [0.25, 0.3) is 33.5 Å². The third kappa shape index (κ3) is 4.89. The Morgan fingerprint density at radius 1 is 1.05 bits per heavy atom. The number of furan rings is 1. The Hall–Kier alpha value is -4.71. The van der Waals surface area contributed by atoms with E-state index in [1.165, 1.54) is 10.9 Å². The number of hydrogen-bond donors (Lipinski definition) is 0. The Kier molecular flexibility index (Phi) is 6.91. The van der Waals surface area contributed by atoms with Crippen LogP contribution in [0.5, 0.6) is 5.75 Å². The Labute approximate surface area is 241 Å². The predicted molar refractivity (Wildman–Crippen MR) is 159 cm³/mol. The van der Waals surface area contributed by atoms with Gasteiger partial charge >= 0.3 is 0 Å². The van der Waals surface area contributed by atoms with Gasteiger partial charge in [-0.3, -0.25) is 4.79 Å². The maximum atomic E-state index is 13.5. The van der Waals surface area contributed by atoms with Crippen LogP contribution in [-0.2, 0) is 6.61 Å². The molecule has 2 heterocycles. The van der Waals surface area contributed by atoms with Crippen LogP contribution in [0.4, 0.5) is 0 Å². The molecule has 0 aliphatic carbocycles. The quantitative estimate of drug-likeness (QED) is 0.182. The molecule has 0 saturated heterocycles. The molecule has 0 fully saturated rings. The summed E-state index contributed by atoms with van der Waals surface area (Å²) in [4.78, 5) is 18.2. The van der Waals surface area contributed by atoms with Crippen molar-refractivity contribution in [3.63, 3.8) is 0 Å². The molecular formula is C31H18BrClN4O3. The predicted octanol–water partition coefficient (Wildman–Crippen LogP) is 7.56. The molecule has 0 radical (unpaired) electrons. The van der Waals surface area contributed by atoms with Gasteiger partial charge in [-0.05, 0) is 64.0 Å². The highest BCUT2D eigenvalue weighted by Crippen LogP contribution is 2.35. The molecule has 7 nitrogen and oxygen atoms in total. The van der Waals surface area contributed by atoms with Gasteiger partial charge in [0.1, 0.15) is 12.2 Å². The molecule has 6 aromatic rings. The van der Waals surface area contributed by atoms with Gasteiger partial charge in [0.15, 0.2) is 11.5 Å². The van der Waals surface area contributed by atoms with E-state index in [2.05, 4.69) is 27.1 Å². The van der Waals surface area contributed by atoms with Crippen LogP contribution in [-0.4, -0.2) is 15.9 Å². The summed E-state index contributed by atoms with van der Waals surface area (Å²) in [6.07, 6.45) is 1.52. The molecule has 0 N–H and O–H groups in total. The van der Waals surface area contributed by atoms with E-state index in [0.29, 0.717) is 48.6 Å². The van der Waals surface area contributed by atoms with Gasteiger partial charge in [-0.15, -0.1) is 0 Å². The topological polar surface area (TPSA) is 93.4 Å². The van der Waals surface area contributed by atoms with Crippen molar-refractivity contribution in [2.45, 2.75) is 6.61 Å². The SMILES string of the molecule is N#Cc1ccccc1COc1c(Cl)cc(C=Nn2c(-c3cc4ccccc4o3)nc3ccccc3c2=O)cc1Br. The number of halogens is 2. The van der Waals surface area contributed by atoms with Crippen LogP contribution in [0, 0.1) is 11.3 Å². The monoisotopic (exact) mass is 608 g/mol. The number of nitrogens with zero attached hydrogens (tertiary/aromatic N) is 4. The first kappa shape index (κ1) is 25.6. The molecule has 6 rings (SSSR count). The minimum atomic E-state index is -0.335. The van der Waals surface area contributed by atoms with Gasteiger partial charge in [-0.2, -0.15) is 15.0 Å². The minimum absolute atomic E-state index is 0.175. The van der Waals surface area contributed by atoms with Crippen molar-refractivity contribution < 1.29 is 9.15 Å². The normalized spacial score (nSPS) is 11.3. The molecule has 0 unspecified atom stereocenters. The zero-order valence-corrected chi connectivity index (χ0v) is 23.1. The van der Waals surface area contributed by atoms with Crippen LogP contribution >= 0.6 is 27.5 Å². The first-order valence-electron chi connectivity index (χ1n) is 12.2. The summed E-state index contributed by atoms with van der Waals surface area (Å²) in [7, 11) is 0. The lowest BCUT2D eigenvalue weighted by Gasteiger charge is -2.12. The van der Waals surface area contributed by atoms with E-state index in [0.717, 1.165) is 10.9 Å². The number of rotatable bonds is 6. The second-order valence-electron chi connectivity index (χ2n) is 8.83. The van der Waals surface area contributed by atoms with Crippen molar-refractivity contribution in [3.8, 4) is 23.4 Å². The first-order valence-corrected chi connectivity index (χ1v) is 13.3. The highest BCUT2D eigenvalue weighted by atomic mass is 79.9. The second-order valence-corrected chi connectivity index (χ2v) is 10.1. The van der Waals surface area contributed by atoms with E-state index in [1.807, 2.05) is 48.5 Å². The maximum absolute atomic E-state index is 13.5. The minimum Gasteiger partial charge on any atom is -0.486 e. The summed E-state index contributed by atoms with van der Waals surface area (Å²) in [5.74, 6) is 1.12. The zero-order valence-electron chi connectivity index (χ0n) is 20.7. The fraction of sp³-hybridized carbons (Fsp3) is 0.0323. The third-order valence-electron chi connectivity index (χ3n) is 6.25. The van der Waals surface area contributed by atoms with Gasteiger partial charge < -0.3 is 9.15 Å². The standard InChI is InChI=1S/C31H18BrClN4O3/c32-24-13-19(14-25(33)29(24)39-18-22-9-2-1-8-21(22)16-34)17-35-37-30(28-15-20-7-3-6-12-27(20)40-28)36-26-11-5-4-10-23(26)31(37)38/h1-15,17H,18H2. The van der Waals surface area contributed by atoms with Crippen molar-refractivity contribution in [1.82, 2.24) is 9.66 Å². The van der Waals surface area contributed by atoms with Crippen LogP contribution < -0.4 is 10.3 Å². The van der Waals surface area contributed by atoms with E-state index in [1.54, 1.807) is 42.5 Å². The van der Waals surface area contributed by atoms with Crippen molar-refractivity contribution >= 4 is 55.6 Å². The fourth-order valence-electron chi connectivity index (χ4n) is 4.30. The Morgan fingerprint density at radius 2 is 1.82 bits per heavy atom. The van der Waals surface area contributed by atoms with E-state index < -0.39 is 0 Å². The number of benzene rings is 4. The average Bonchev–Trinajstić information content (AvgIpc) is 3.41. The van der Waals surface area contributed by atoms with Crippen LogP contribution in [0.3, 0.4) is 0 Å². The summed E-state index contributed by atoms with van der Waals surface area (Å²) in [5, 5.41) is 15.5. The molecule has 0 atom stereocenters. The highest BCUT2D eigenvalue weighted by Gasteiger charge is 2.17. The molecule has 0 saturated carbocycles. The first-order chi connectivity index (χ1) is 19.5. The molecule has 0 spiro atoms. The summed E-state index contributed by atoms with van der Waals surface area (Å²) in [5.41, 5.74) is 2.79. The molecule has 0 amide bonds. The van der Waals surface area contributed by atoms with Crippen molar-refractivity contribution in [1.29, 1.82) is 5.26 Å². The van der Waals surface area contributed by atoms with Gasteiger partial charge in [0.05, 0.1) is 38.2 Å². The molecule has 194 valence electrons. The van der Waals surface area contributed by atoms with Crippen LogP contribution in [0.15, 0.2) is 110 Å². The molecule has 4 aromatic carbocycles. The van der Waals surface area contributed by atoms with Crippen molar-refractivity contribution in [2.24, 2.45) is 5.10 Å². The van der Waals surface area contributed by atoms with E-state index in [9.17, 15) is 10.1 Å². The summed E-state index contributed by atoms with van der Waals surface area (Å²) >= 11 is 10.1. The third-order valence-corrected chi connectivity index (χ3v) is 7.12. The maximum Gasteiger partial charge on any atom is 0.282 e. The summed E-state index contributed by atoms with van der Waals surface area (Å²) in [6.45, 7) is 0.175. The van der Waals surface area contributed by atoms with E-state index >= 15 is 0 Å². The summed E-state index contributed by atoms with van der Waals surface area (Å²) < 4.78 is 13.8. The largest absolute Gasteiger partial charge is 0.486 e. The number of para-hydroxylation sites is 2. The van der Waals surface area contributed by atoms with Crippen LogP contribution in [0.1, 0.15) is 16.7 Å². The van der Waals surface area contributed by atoms with Gasteiger partial charge in [-0.1, -0.05) is 60.1 Å². The molecule has 9 heteroatoms.